The molecule has 0 saturated heterocycles. The molecule has 0 aliphatic heterocycles. The molecule has 24 heavy (non-hydrogen) atoms. The predicted molar refractivity (Wildman–Crippen MR) is 95.1 cm³/mol. The van der Waals surface area contributed by atoms with E-state index in [9.17, 15) is 16.8 Å². The molecule has 0 aromatic heterocycles. The van der Waals surface area contributed by atoms with E-state index in [0.717, 1.165) is 0 Å². The van der Waals surface area contributed by atoms with Gasteiger partial charge in [-0.25, -0.2) is 16.8 Å². The predicted octanol–water partition coefficient (Wildman–Crippen LogP) is 3.62. The monoisotopic (exact) mass is 364 g/mol. The van der Waals surface area contributed by atoms with E-state index < -0.39 is 24.3 Å². The molecule has 128 valence electrons. The van der Waals surface area contributed by atoms with Gasteiger partial charge >= 0.3 is 0 Å². The summed E-state index contributed by atoms with van der Waals surface area (Å²) in [5.74, 6) is 0. The van der Waals surface area contributed by atoms with Crippen LogP contribution in [-0.2, 0) is 19.7 Å². The number of allylic oxidation sites excluding steroid dienone is 2. The molecule has 0 amide bonds. The van der Waals surface area contributed by atoms with Crippen LogP contribution in [0.3, 0.4) is 0 Å². The molecule has 0 N–H and O–H groups in total. The Morgan fingerprint density at radius 2 is 1.17 bits per heavy atom. The smallest absolute Gasteiger partial charge is 0.196 e. The molecule has 0 unspecified atom stereocenters. The van der Waals surface area contributed by atoms with Crippen molar-refractivity contribution in [2.24, 2.45) is 0 Å². The molecule has 0 aliphatic rings. The fourth-order valence-electron chi connectivity index (χ4n) is 2.32. The third kappa shape index (κ3) is 3.94. The Morgan fingerprint density at radius 3 is 1.54 bits per heavy atom. The molecule has 4 nitrogen and oxygen atoms in total. The van der Waals surface area contributed by atoms with Crippen molar-refractivity contribution >= 4 is 19.7 Å². The van der Waals surface area contributed by atoms with Gasteiger partial charge in [-0.05, 0) is 37.1 Å². The van der Waals surface area contributed by atoms with Crippen LogP contribution in [0.5, 0.6) is 0 Å². The van der Waals surface area contributed by atoms with Gasteiger partial charge < -0.3 is 0 Å². The summed E-state index contributed by atoms with van der Waals surface area (Å²) in [6, 6.07) is 15.4. The van der Waals surface area contributed by atoms with Crippen molar-refractivity contribution < 1.29 is 16.8 Å². The summed E-state index contributed by atoms with van der Waals surface area (Å²) in [4.78, 5) is 0.0267. The van der Waals surface area contributed by atoms with Crippen LogP contribution in [0.1, 0.15) is 19.8 Å². The Hall–Kier alpha value is -1.92. The van der Waals surface area contributed by atoms with Crippen LogP contribution in [0.2, 0.25) is 0 Å². The van der Waals surface area contributed by atoms with Crippen LogP contribution >= 0.6 is 0 Å². The van der Waals surface area contributed by atoms with Gasteiger partial charge in [0.1, 0.15) is 0 Å². The number of rotatable bonds is 7. The van der Waals surface area contributed by atoms with Crippen molar-refractivity contribution in [1.29, 1.82) is 0 Å². The Kier molecular flexibility index (Phi) is 5.96. The Labute approximate surface area is 143 Å². The molecule has 2 aromatic carbocycles. The quantitative estimate of drug-likeness (QED) is 0.704. The fraction of sp³-hybridized carbons (Fsp3) is 0.222. The van der Waals surface area contributed by atoms with Crippen LogP contribution in [0.25, 0.3) is 0 Å². The molecule has 0 heterocycles. The Morgan fingerprint density at radius 1 is 0.750 bits per heavy atom. The van der Waals surface area contributed by atoms with Gasteiger partial charge in [0.15, 0.2) is 24.3 Å². The van der Waals surface area contributed by atoms with Crippen molar-refractivity contribution in [3.05, 3.63) is 72.8 Å². The Bertz CT molecular complexity index is 815. The highest BCUT2D eigenvalue weighted by Crippen LogP contribution is 2.28. The summed E-state index contributed by atoms with van der Waals surface area (Å²) in [5, 5.41) is 0. The van der Waals surface area contributed by atoms with Gasteiger partial charge in [-0.2, -0.15) is 0 Å². The summed E-state index contributed by atoms with van der Waals surface area (Å²) in [6.45, 7) is 1.91. The zero-order valence-corrected chi connectivity index (χ0v) is 15.0. The second-order valence-electron chi connectivity index (χ2n) is 5.26. The minimum Gasteiger partial charge on any atom is -0.222 e. The van der Waals surface area contributed by atoms with E-state index in [2.05, 4.69) is 0 Å². The van der Waals surface area contributed by atoms with Crippen molar-refractivity contribution in [3.63, 3.8) is 0 Å². The molecule has 0 spiro atoms. The maximum Gasteiger partial charge on any atom is 0.196 e. The molecule has 0 atom stereocenters. The van der Waals surface area contributed by atoms with Crippen molar-refractivity contribution in [1.82, 2.24) is 0 Å². The molecule has 6 heteroatoms. The number of benzene rings is 2. The largest absolute Gasteiger partial charge is 0.222 e. The third-order valence-electron chi connectivity index (χ3n) is 3.57. The zero-order valence-electron chi connectivity index (χ0n) is 13.4. The second kappa shape index (κ2) is 7.77. The molecular formula is C18H20O4S2. The molecule has 0 aliphatic carbocycles. The number of sulfone groups is 2. The summed E-state index contributed by atoms with van der Waals surface area (Å²) in [6.07, 6.45) is 4.02. The number of hydrogen-bond acceptors (Lipinski definition) is 4. The first-order chi connectivity index (χ1) is 11.4. The van der Waals surface area contributed by atoms with E-state index in [-0.39, 0.29) is 16.2 Å². The van der Waals surface area contributed by atoms with Crippen molar-refractivity contribution in [2.45, 2.75) is 34.1 Å². The molecule has 0 fully saturated rings. The summed E-state index contributed by atoms with van der Waals surface area (Å²) in [5.41, 5.74) is 0. The van der Waals surface area contributed by atoms with Gasteiger partial charge in [-0.3, -0.25) is 0 Å². The minimum absolute atomic E-state index is 0.0133. The summed E-state index contributed by atoms with van der Waals surface area (Å²) >= 11 is 0. The second-order valence-corrected chi connectivity index (χ2v) is 9.82. The standard InChI is InChI=1S/C18H20O4S2/c1-2-3-6-15-18(23(19,20)16-11-7-4-8-12-16)24(21,22)17-13-9-5-10-14-17/h3-14,18H,2,15H2,1H3/b6-3+. The lowest BCUT2D eigenvalue weighted by Gasteiger charge is -2.17. The summed E-state index contributed by atoms with van der Waals surface area (Å²) in [7, 11) is -8.05. The average Bonchev–Trinajstić information content (AvgIpc) is 2.60. The first kappa shape index (κ1) is 18.4. The lowest BCUT2D eigenvalue weighted by Crippen LogP contribution is -2.30. The van der Waals surface area contributed by atoms with Crippen LogP contribution in [0, 0.1) is 0 Å². The molecule has 2 aromatic rings. The van der Waals surface area contributed by atoms with Crippen molar-refractivity contribution in [3.8, 4) is 0 Å². The van der Waals surface area contributed by atoms with Crippen molar-refractivity contribution in [2.75, 3.05) is 0 Å². The topological polar surface area (TPSA) is 68.3 Å². The maximum atomic E-state index is 12.9. The Balaban J connectivity index is 2.56. The fourth-order valence-corrected chi connectivity index (χ4v) is 6.73. The van der Waals surface area contributed by atoms with E-state index in [4.69, 9.17) is 0 Å². The van der Waals surface area contributed by atoms with E-state index >= 15 is 0 Å². The van der Waals surface area contributed by atoms with Gasteiger partial charge in [0.25, 0.3) is 0 Å². The zero-order chi connectivity index (χ0) is 17.6. The highest BCUT2D eigenvalue weighted by Gasteiger charge is 2.38. The lowest BCUT2D eigenvalue weighted by molar-refractivity contribution is 0.574. The lowest BCUT2D eigenvalue weighted by atomic mass is 10.3. The van der Waals surface area contributed by atoms with Gasteiger partial charge in [-0.1, -0.05) is 55.5 Å². The molecule has 0 radical (unpaired) electrons. The van der Waals surface area contributed by atoms with Gasteiger partial charge in [0.05, 0.1) is 9.79 Å². The summed E-state index contributed by atoms with van der Waals surface area (Å²) < 4.78 is 50.2. The first-order valence-corrected chi connectivity index (χ1v) is 10.7. The molecule has 2 rings (SSSR count). The highest BCUT2D eigenvalue weighted by atomic mass is 32.3. The highest BCUT2D eigenvalue weighted by molar-refractivity contribution is 8.09. The first-order valence-electron chi connectivity index (χ1n) is 7.63. The third-order valence-corrected chi connectivity index (χ3v) is 8.71. The SMILES string of the molecule is CC/C=C/CC(S(=O)(=O)c1ccccc1)S(=O)(=O)c1ccccc1. The minimum atomic E-state index is -4.03. The average molecular weight is 364 g/mol. The maximum absolute atomic E-state index is 12.9. The number of hydrogen-bond donors (Lipinski definition) is 0. The van der Waals surface area contributed by atoms with Gasteiger partial charge in [0.2, 0.25) is 0 Å². The van der Waals surface area contributed by atoms with Gasteiger partial charge in [0, 0.05) is 0 Å². The van der Waals surface area contributed by atoms with Crippen LogP contribution in [-0.4, -0.2) is 21.4 Å². The van der Waals surface area contributed by atoms with Crippen LogP contribution in [0.15, 0.2) is 82.6 Å². The van der Waals surface area contributed by atoms with Crippen LogP contribution < -0.4 is 0 Å². The van der Waals surface area contributed by atoms with Crippen LogP contribution in [0.4, 0.5) is 0 Å². The van der Waals surface area contributed by atoms with E-state index in [1.807, 2.05) is 6.92 Å². The molecule has 0 bridgehead atoms. The van der Waals surface area contributed by atoms with E-state index in [1.165, 1.54) is 24.3 Å². The van der Waals surface area contributed by atoms with E-state index in [0.29, 0.717) is 6.42 Å². The van der Waals surface area contributed by atoms with Gasteiger partial charge in [-0.15, -0.1) is 0 Å². The molecular weight excluding hydrogens is 344 g/mol. The molecule has 0 saturated carbocycles. The van der Waals surface area contributed by atoms with E-state index in [1.54, 1.807) is 48.6 Å². The normalized spacial score (nSPS) is 12.8.